The molecule has 3 heterocycles. The van der Waals surface area contributed by atoms with Crippen LogP contribution in [0.15, 0.2) is 24.4 Å². The maximum absolute atomic E-state index is 5.54. The lowest BCUT2D eigenvalue weighted by atomic mass is 10.1. The molecule has 0 amide bonds. The van der Waals surface area contributed by atoms with Gasteiger partial charge in [-0.25, -0.2) is 4.98 Å². The van der Waals surface area contributed by atoms with Crippen LogP contribution < -0.4 is 9.47 Å². The van der Waals surface area contributed by atoms with Gasteiger partial charge in [-0.05, 0) is 31.5 Å². The number of fused-ring (bicyclic) bond motifs is 2. The van der Waals surface area contributed by atoms with Crippen LogP contribution in [0.1, 0.15) is 37.0 Å². The summed E-state index contributed by atoms with van der Waals surface area (Å²) in [4.78, 5) is 7.09. The van der Waals surface area contributed by atoms with Gasteiger partial charge in [0.05, 0.1) is 24.5 Å². The van der Waals surface area contributed by atoms with E-state index >= 15 is 0 Å². The maximum Gasteiger partial charge on any atom is 0.231 e. The molecular weight excluding hydrogens is 306 g/mol. The molecule has 0 aliphatic carbocycles. The Bertz CT molecular complexity index is 728. The summed E-state index contributed by atoms with van der Waals surface area (Å²) in [7, 11) is 0. The summed E-state index contributed by atoms with van der Waals surface area (Å²) in [5, 5.41) is 0. The van der Waals surface area contributed by atoms with E-state index in [0.29, 0.717) is 13.4 Å². The molecule has 1 unspecified atom stereocenters. The smallest absolute Gasteiger partial charge is 0.231 e. The second-order valence-corrected chi connectivity index (χ2v) is 6.23. The summed E-state index contributed by atoms with van der Waals surface area (Å²) < 4.78 is 18.7. The van der Waals surface area contributed by atoms with Crippen LogP contribution in [-0.2, 0) is 24.4 Å². The van der Waals surface area contributed by atoms with Crippen molar-refractivity contribution in [3.05, 3.63) is 41.5 Å². The quantitative estimate of drug-likeness (QED) is 0.844. The summed E-state index contributed by atoms with van der Waals surface area (Å²) in [6, 6.07) is 6.46. The fourth-order valence-corrected chi connectivity index (χ4v) is 3.42. The molecule has 24 heavy (non-hydrogen) atoms. The number of ether oxygens (including phenoxy) is 3. The topological polar surface area (TPSA) is 48.8 Å². The van der Waals surface area contributed by atoms with Gasteiger partial charge >= 0.3 is 0 Å². The van der Waals surface area contributed by atoms with Gasteiger partial charge in [0, 0.05) is 26.2 Å². The minimum atomic E-state index is 0.277. The van der Waals surface area contributed by atoms with Crippen LogP contribution in [0.3, 0.4) is 0 Å². The van der Waals surface area contributed by atoms with Crippen molar-refractivity contribution < 1.29 is 14.2 Å². The van der Waals surface area contributed by atoms with Crippen LogP contribution in [-0.4, -0.2) is 34.4 Å². The molecule has 4 rings (SSSR count). The summed E-state index contributed by atoms with van der Waals surface area (Å²) in [5.41, 5.74) is 2.40. The van der Waals surface area contributed by atoms with Crippen LogP contribution in [0.5, 0.6) is 11.5 Å². The third-order valence-corrected chi connectivity index (χ3v) is 4.78. The Labute approximate surface area is 142 Å². The van der Waals surface area contributed by atoms with E-state index in [0.717, 1.165) is 43.6 Å². The molecule has 2 aromatic rings. The molecule has 0 N–H and O–H groups in total. The van der Waals surface area contributed by atoms with Crippen LogP contribution in [0, 0.1) is 0 Å². The first kappa shape index (κ1) is 15.5. The Kier molecular flexibility index (Phi) is 4.16. The third kappa shape index (κ3) is 2.76. The lowest BCUT2D eigenvalue weighted by molar-refractivity contribution is 0.119. The number of nitrogens with zero attached hydrogens (tertiary/aromatic N) is 3. The molecule has 2 aliphatic heterocycles. The zero-order chi connectivity index (χ0) is 16.5. The standard InChI is InChI=1S/C18H23N3O3/c1-3-22-11-15-9-19-18-13(2)20(6-7-21(15)18)10-14-4-5-16-17(8-14)24-12-23-16/h4-5,8-9,13H,3,6-7,10-12H2,1-2H3. The van der Waals surface area contributed by atoms with Crippen molar-refractivity contribution in [2.45, 2.75) is 39.6 Å². The van der Waals surface area contributed by atoms with Crippen molar-refractivity contribution in [3.63, 3.8) is 0 Å². The van der Waals surface area contributed by atoms with Gasteiger partial charge in [0.25, 0.3) is 0 Å². The van der Waals surface area contributed by atoms with Gasteiger partial charge in [0.15, 0.2) is 11.5 Å². The van der Waals surface area contributed by atoms with E-state index < -0.39 is 0 Å². The van der Waals surface area contributed by atoms with E-state index in [1.165, 1.54) is 11.3 Å². The molecule has 0 radical (unpaired) electrons. The SMILES string of the molecule is CCOCc1cnc2n1CCN(Cc1ccc3c(c1)OCO3)C2C. The van der Waals surface area contributed by atoms with E-state index in [9.17, 15) is 0 Å². The number of hydrogen-bond donors (Lipinski definition) is 0. The van der Waals surface area contributed by atoms with Crippen molar-refractivity contribution in [3.8, 4) is 11.5 Å². The Hall–Kier alpha value is -2.05. The minimum absolute atomic E-state index is 0.277. The van der Waals surface area contributed by atoms with Gasteiger partial charge < -0.3 is 18.8 Å². The lowest BCUT2D eigenvalue weighted by Gasteiger charge is -2.34. The molecule has 0 saturated carbocycles. The van der Waals surface area contributed by atoms with Crippen LogP contribution in [0.4, 0.5) is 0 Å². The average molecular weight is 329 g/mol. The third-order valence-electron chi connectivity index (χ3n) is 4.78. The molecule has 1 aromatic heterocycles. The zero-order valence-corrected chi connectivity index (χ0v) is 14.2. The number of rotatable bonds is 5. The highest BCUT2D eigenvalue weighted by atomic mass is 16.7. The lowest BCUT2D eigenvalue weighted by Crippen LogP contribution is -2.37. The van der Waals surface area contributed by atoms with Gasteiger partial charge in [0.1, 0.15) is 5.82 Å². The predicted molar refractivity (Wildman–Crippen MR) is 88.9 cm³/mol. The van der Waals surface area contributed by atoms with E-state index in [4.69, 9.17) is 14.2 Å². The first-order valence-electron chi connectivity index (χ1n) is 8.51. The van der Waals surface area contributed by atoms with Gasteiger partial charge in [-0.2, -0.15) is 0 Å². The van der Waals surface area contributed by atoms with Gasteiger partial charge in [-0.15, -0.1) is 0 Å². The molecule has 0 spiro atoms. The predicted octanol–water partition coefficient (Wildman–Crippen LogP) is 2.73. The molecule has 0 fully saturated rings. The van der Waals surface area contributed by atoms with Gasteiger partial charge in [-0.1, -0.05) is 6.07 Å². The van der Waals surface area contributed by atoms with Crippen molar-refractivity contribution in [2.24, 2.45) is 0 Å². The summed E-state index contributed by atoms with van der Waals surface area (Å²) >= 11 is 0. The normalized spacial score (nSPS) is 19.5. The largest absolute Gasteiger partial charge is 0.454 e. The highest BCUT2D eigenvalue weighted by Crippen LogP contribution is 2.34. The van der Waals surface area contributed by atoms with Crippen molar-refractivity contribution in [1.29, 1.82) is 0 Å². The second kappa shape index (κ2) is 6.45. The van der Waals surface area contributed by atoms with E-state index in [1.54, 1.807) is 0 Å². The van der Waals surface area contributed by atoms with Crippen molar-refractivity contribution >= 4 is 0 Å². The number of imidazole rings is 1. The highest BCUT2D eigenvalue weighted by molar-refractivity contribution is 5.44. The molecule has 1 aromatic carbocycles. The Morgan fingerprint density at radius 3 is 3.00 bits per heavy atom. The Morgan fingerprint density at radius 2 is 2.12 bits per heavy atom. The molecule has 0 bridgehead atoms. The van der Waals surface area contributed by atoms with Crippen LogP contribution in [0.2, 0.25) is 0 Å². The van der Waals surface area contributed by atoms with Gasteiger partial charge in [-0.3, -0.25) is 4.90 Å². The second-order valence-electron chi connectivity index (χ2n) is 6.23. The Morgan fingerprint density at radius 1 is 1.25 bits per heavy atom. The minimum Gasteiger partial charge on any atom is -0.454 e. The number of benzene rings is 1. The molecule has 1 atom stereocenters. The zero-order valence-electron chi connectivity index (χ0n) is 14.2. The molecule has 0 saturated heterocycles. The van der Waals surface area contributed by atoms with E-state index in [-0.39, 0.29) is 6.04 Å². The van der Waals surface area contributed by atoms with Crippen LogP contribution >= 0.6 is 0 Å². The molecule has 128 valence electrons. The molecule has 2 aliphatic rings. The molecule has 6 nitrogen and oxygen atoms in total. The first-order chi connectivity index (χ1) is 11.8. The fourth-order valence-electron chi connectivity index (χ4n) is 3.42. The van der Waals surface area contributed by atoms with E-state index in [1.807, 2.05) is 19.2 Å². The number of aromatic nitrogens is 2. The highest BCUT2D eigenvalue weighted by Gasteiger charge is 2.27. The summed E-state index contributed by atoms with van der Waals surface area (Å²) in [6.45, 7) is 8.75. The van der Waals surface area contributed by atoms with E-state index in [2.05, 4.69) is 33.5 Å². The van der Waals surface area contributed by atoms with Gasteiger partial charge in [0.2, 0.25) is 6.79 Å². The summed E-state index contributed by atoms with van der Waals surface area (Å²) in [5.74, 6) is 2.80. The summed E-state index contributed by atoms with van der Waals surface area (Å²) in [6.07, 6.45) is 1.95. The molecule has 6 heteroatoms. The molecular formula is C18H23N3O3. The average Bonchev–Trinajstić information content (AvgIpc) is 3.22. The fraction of sp³-hybridized carbons (Fsp3) is 0.500. The number of hydrogen-bond acceptors (Lipinski definition) is 5. The first-order valence-corrected chi connectivity index (χ1v) is 8.51. The monoisotopic (exact) mass is 329 g/mol. The van der Waals surface area contributed by atoms with Crippen molar-refractivity contribution in [2.75, 3.05) is 19.9 Å². The van der Waals surface area contributed by atoms with Crippen LogP contribution in [0.25, 0.3) is 0 Å². The van der Waals surface area contributed by atoms with Crippen molar-refractivity contribution in [1.82, 2.24) is 14.5 Å². The Balaban J connectivity index is 1.49. The maximum atomic E-state index is 5.54.